The van der Waals surface area contributed by atoms with Crippen LogP contribution in [-0.2, 0) is 4.74 Å². The van der Waals surface area contributed by atoms with Crippen molar-refractivity contribution in [2.45, 2.75) is 24.5 Å². The Balaban J connectivity index is -0.000000810. The van der Waals surface area contributed by atoms with Gasteiger partial charge in [-0.1, -0.05) is 0 Å². The molecule has 102 valence electrons. The number of H-pyrrole nitrogens is 1. The Morgan fingerprint density at radius 3 is 2.14 bits per heavy atom. The van der Waals surface area contributed by atoms with Crippen molar-refractivity contribution in [3.05, 3.63) is 33.1 Å². The first-order valence-corrected chi connectivity index (χ1v) is 4.98. The number of aliphatic hydroxyl groups is 3. The molecule has 1 aromatic rings. The number of aromatic amines is 1. The molecular weight excluding hydrogens is 324 g/mol. The Morgan fingerprint density at radius 1 is 1.14 bits per heavy atom. The van der Waals surface area contributed by atoms with E-state index in [0.29, 0.717) is 0 Å². The number of hydrogen-bond donors (Lipinski definition) is 4. The first kappa shape index (κ1) is 28.3. The molecule has 1 aromatic heterocycles. The zero-order valence-corrected chi connectivity index (χ0v) is 8.68. The van der Waals surface area contributed by atoms with Crippen LogP contribution in [0.3, 0.4) is 0 Å². The van der Waals surface area contributed by atoms with Gasteiger partial charge in [-0.25, -0.2) is 4.79 Å². The van der Waals surface area contributed by atoms with Crippen LogP contribution in [0, 0.1) is 0 Å². The van der Waals surface area contributed by atoms with E-state index >= 15 is 0 Å². The van der Waals surface area contributed by atoms with E-state index in [9.17, 15) is 19.8 Å². The van der Waals surface area contributed by atoms with E-state index in [2.05, 4.69) is 0 Å². The van der Waals surface area contributed by atoms with Crippen molar-refractivity contribution in [2.75, 3.05) is 6.61 Å². The molecule has 1 saturated heterocycles. The van der Waals surface area contributed by atoms with E-state index in [1.807, 2.05) is 4.98 Å². The SMILES string of the molecule is O=c1ccn([C@@H]2O[C@H](CO)[C@@H](O)[C@H]2O)c(=O)[nH]1.[NaH].[NaH].[NaH].[NaH]. The minimum atomic E-state index is -1.35. The molecule has 2 heterocycles. The first-order chi connectivity index (χ1) is 8.04. The van der Waals surface area contributed by atoms with E-state index in [-0.39, 0.29) is 118 Å². The second-order valence-corrected chi connectivity index (χ2v) is 3.75. The van der Waals surface area contributed by atoms with Gasteiger partial charge in [0.1, 0.15) is 18.3 Å². The van der Waals surface area contributed by atoms with Gasteiger partial charge in [0.05, 0.1) is 6.61 Å². The van der Waals surface area contributed by atoms with Gasteiger partial charge in [0.15, 0.2) is 6.23 Å². The molecular formula is C9H16N2Na4O6. The summed E-state index contributed by atoms with van der Waals surface area (Å²) in [4.78, 5) is 24.3. The van der Waals surface area contributed by atoms with Crippen LogP contribution in [0.25, 0.3) is 0 Å². The van der Waals surface area contributed by atoms with Gasteiger partial charge in [0.25, 0.3) is 5.56 Å². The molecule has 0 spiro atoms. The first-order valence-electron chi connectivity index (χ1n) is 4.98. The number of nitrogens with one attached hydrogen (secondary N) is 1. The van der Waals surface area contributed by atoms with E-state index in [1.165, 1.54) is 0 Å². The molecule has 0 bridgehead atoms. The zero-order chi connectivity index (χ0) is 12.6. The molecule has 1 aliphatic heterocycles. The maximum absolute atomic E-state index is 11.4. The molecule has 12 heteroatoms. The second-order valence-electron chi connectivity index (χ2n) is 3.75. The average molecular weight is 340 g/mol. The van der Waals surface area contributed by atoms with Gasteiger partial charge in [-0.15, -0.1) is 0 Å². The molecule has 0 unspecified atom stereocenters. The van der Waals surface area contributed by atoms with Crippen LogP contribution in [0.1, 0.15) is 6.23 Å². The third kappa shape index (κ3) is 6.74. The molecule has 2 rings (SSSR count). The van der Waals surface area contributed by atoms with E-state index in [0.717, 1.165) is 16.8 Å². The second kappa shape index (κ2) is 12.8. The summed E-state index contributed by atoms with van der Waals surface area (Å²) in [5.41, 5.74) is -1.33. The van der Waals surface area contributed by atoms with Crippen molar-refractivity contribution in [1.82, 2.24) is 9.55 Å². The van der Waals surface area contributed by atoms with Gasteiger partial charge < -0.3 is 20.1 Å². The third-order valence-electron chi connectivity index (χ3n) is 2.64. The Bertz CT molecular complexity index is 523. The minimum absolute atomic E-state index is 0. The molecule has 8 nitrogen and oxygen atoms in total. The number of nitrogens with zero attached hydrogens (tertiary/aromatic N) is 1. The summed E-state index contributed by atoms with van der Waals surface area (Å²) in [7, 11) is 0. The van der Waals surface area contributed by atoms with Gasteiger partial charge in [-0.3, -0.25) is 14.3 Å². The van der Waals surface area contributed by atoms with E-state index in [4.69, 9.17) is 9.84 Å². The average Bonchev–Trinajstić information content (AvgIpc) is 2.57. The zero-order valence-electron chi connectivity index (χ0n) is 8.68. The maximum atomic E-state index is 11.4. The Kier molecular flexibility index (Phi) is 17.3. The van der Waals surface area contributed by atoms with Crippen molar-refractivity contribution in [1.29, 1.82) is 0 Å². The molecule has 0 aliphatic carbocycles. The standard InChI is InChI=1S/C9H12N2O6.4Na.4H/c12-3-4-6(14)7(15)8(17-4)11-2-1-5(13)10-9(11)16;;;;;;;;/h1-2,4,6-8,12,14-15H,3H2,(H,10,13,16);;;;;;;;/t4-,6-,7-,8-;;;;;;;;/m1......../s1. The topological polar surface area (TPSA) is 125 Å². The summed E-state index contributed by atoms with van der Waals surface area (Å²) in [6.07, 6.45) is -3.58. The number of ether oxygens (including phenoxy) is 1. The monoisotopic (exact) mass is 340 g/mol. The molecule has 4 atom stereocenters. The number of aromatic nitrogens is 2. The van der Waals surface area contributed by atoms with Crippen LogP contribution in [-0.4, -0.2) is 168 Å². The fourth-order valence-electron chi connectivity index (χ4n) is 1.74. The van der Waals surface area contributed by atoms with Crippen LogP contribution in [0.4, 0.5) is 0 Å². The van der Waals surface area contributed by atoms with Crippen molar-refractivity contribution in [3.8, 4) is 0 Å². The fraction of sp³-hybridized carbons (Fsp3) is 0.556. The Labute approximate surface area is 208 Å². The van der Waals surface area contributed by atoms with Crippen LogP contribution in [0.2, 0.25) is 0 Å². The van der Waals surface area contributed by atoms with Crippen LogP contribution < -0.4 is 11.2 Å². The van der Waals surface area contributed by atoms with Crippen molar-refractivity contribution >= 4 is 118 Å². The predicted octanol–water partition coefficient (Wildman–Crippen LogP) is -5.45. The third-order valence-corrected chi connectivity index (χ3v) is 2.64. The molecule has 0 radical (unpaired) electrons. The number of aliphatic hydroxyl groups excluding tert-OH is 3. The summed E-state index contributed by atoms with van der Waals surface area (Å²) in [6, 6.07) is 1.09. The predicted molar refractivity (Wildman–Crippen MR) is 82.9 cm³/mol. The van der Waals surface area contributed by atoms with E-state index < -0.39 is 42.4 Å². The van der Waals surface area contributed by atoms with Gasteiger partial charge in [-0.05, 0) is 0 Å². The molecule has 0 saturated carbocycles. The fourth-order valence-corrected chi connectivity index (χ4v) is 1.74. The molecule has 4 N–H and O–H groups in total. The summed E-state index contributed by atoms with van der Waals surface area (Å²) in [5.74, 6) is 0. The van der Waals surface area contributed by atoms with Gasteiger partial charge in [-0.2, -0.15) is 0 Å². The number of hydrogen-bond acceptors (Lipinski definition) is 6. The van der Waals surface area contributed by atoms with Gasteiger partial charge in [0, 0.05) is 12.3 Å². The Morgan fingerprint density at radius 2 is 1.71 bits per heavy atom. The molecule has 1 aliphatic rings. The van der Waals surface area contributed by atoms with Gasteiger partial charge in [0.2, 0.25) is 0 Å². The quantitative estimate of drug-likeness (QED) is 0.398. The van der Waals surface area contributed by atoms with Crippen molar-refractivity contribution in [3.63, 3.8) is 0 Å². The number of rotatable bonds is 2. The summed E-state index contributed by atoms with van der Waals surface area (Å²) >= 11 is 0. The van der Waals surface area contributed by atoms with Crippen molar-refractivity contribution < 1.29 is 20.1 Å². The molecule has 21 heavy (non-hydrogen) atoms. The van der Waals surface area contributed by atoms with Crippen LogP contribution >= 0.6 is 0 Å². The van der Waals surface area contributed by atoms with Crippen LogP contribution in [0.5, 0.6) is 0 Å². The van der Waals surface area contributed by atoms with Gasteiger partial charge >= 0.3 is 124 Å². The summed E-state index contributed by atoms with van der Waals surface area (Å²) in [5, 5.41) is 28.1. The normalized spacial score (nSPS) is 26.6. The van der Waals surface area contributed by atoms with E-state index in [1.54, 1.807) is 0 Å². The molecule has 1 fully saturated rings. The summed E-state index contributed by atoms with van der Waals surface area (Å²) in [6.45, 7) is -0.479. The summed E-state index contributed by atoms with van der Waals surface area (Å²) < 4.78 is 6.08. The van der Waals surface area contributed by atoms with Crippen molar-refractivity contribution in [2.24, 2.45) is 0 Å². The molecule has 0 aromatic carbocycles. The Hall–Kier alpha value is 2.52. The molecule has 0 amide bonds. The van der Waals surface area contributed by atoms with Crippen LogP contribution in [0.15, 0.2) is 21.9 Å².